The van der Waals surface area contributed by atoms with Crippen molar-refractivity contribution >= 4 is 62.8 Å². The summed E-state index contributed by atoms with van der Waals surface area (Å²) >= 11 is 9.59. The third-order valence-electron chi connectivity index (χ3n) is 5.01. The second kappa shape index (κ2) is 10.1. The van der Waals surface area contributed by atoms with E-state index in [0.29, 0.717) is 21.2 Å². The Morgan fingerprint density at radius 3 is 2.57 bits per heavy atom. The summed E-state index contributed by atoms with van der Waals surface area (Å²) in [5.74, 6) is -1.52. The molecule has 3 aromatic carbocycles. The maximum atomic E-state index is 13.2. The SMILES string of the molecule is O=C1NC(=O)N(c2cccc([N+](=O)[O-])c2)C(=O)/C1=C/c1cc(Cl)ccc1OCc1ccccc1Br. The predicted octanol–water partition coefficient (Wildman–Crippen LogP) is 5.26. The number of hydrogen-bond donors (Lipinski definition) is 1. The molecule has 1 aliphatic rings. The van der Waals surface area contributed by atoms with Gasteiger partial charge in [-0.1, -0.05) is 51.8 Å². The van der Waals surface area contributed by atoms with Gasteiger partial charge in [-0.05, 0) is 36.4 Å². The van der Waals surface area contributed by atoms with E-state index in [1.165, 1.54) is 30.3 Å². The van der Waals surface area contributed by atoms with Gasteiger partial charge in [0.15, 0.2) is 0 Å². The van der Waals surface area contributed by atoms with Crippen LogP contribution in [0, 0.1) is 10.1 Å². The Balaban J connectivity index is 1.69. The van der Waals surface area contributed by atoms with Crippen LogP contribution in [0.4, 0.5) is 16.2 Å². The Morgan fingerprint density at radius 1 is 1.06 bits per heavy atom. The van der Waals surface area contributed by atoms with E-state index in [0.717, 1.165) is 16.1 Å². The van der Waals surface area contributed by atoms with Crippen molar-refractivity contribution in [3.8, 4) is 5.75 Å². The molecule has 0 spiro atoms. The lowest BCUT2D eigenvalue weighted by Crippen LogP contribution is -2.54. The monoisotopic (exact) mass is 555 g/mol. The first kappa shape index (κ1) is 24.1. The number of rotatable bonds is 6. The molecule has 176 valence electrons. The number of halogens is 2. The van der Waals surface area contributed by atoms with E-state index < -0.39 is 22.8 Å². The summed E-state index contributed by atoms with van der Waals surface area (Å²) in [7, 11) is 0. The van der Waals surface area contributed by atoms with Crippen LogP contribution in [0.3, 0.4) is 0 Å². The third-order valence-corrected chi connectivity index (χ3v) is 6.02. The quantitative estimate of drug-likeness (QED) is 0.192. The van der Waals surface area contributed by atoms with Gasteiger partial charge in [-0.15, -0.1) is 0 Å². The molecule has 9 nitrogen and oxygen atoms in total. The number of anilines is 1. The zero-order chi connectivity index (χ0) is 25.1. The average Bonchev–Trinajstić information content (AvgIpc) is 2.82. The summed E-state index contributed by atoms with van der Waals surface area (Å²) in [6, 6.07) is 16.1. The average molecular weight is 557 g/mol. The number of benzene rings is 3. The van der Waals surface area contributed by atoms with Crippen LogP contribution < -0.4 is 15.0 Å². The van der Waals surface area contributed by atoms with Gasteiger partial charge in [-0.25, -0.2) is 9.69 Å². The normalized spacial score (nSPS) is 14.7. The number of nitrogens with zero attached hydrogens (tertiary/aromatic N) is 2. The molecule has 1 aliphatic heterocycles. The number of barbiturate groups is 1. The number of nitro benzene ring substituents is 1. The second-order valence-corrected chi connectivity index (χ2v) is 8.59. The summed E-state index contributed by atoms with van der Waals surface area (Å²) in [6.07, 6.45) is 1.26. The van der Waals surface area contributed by atoms with Gasteiger partial charge < -0.3 is 4.74 Å². The number of hydrogen-bond acceptors (Lipinski definition) is 6. The molecule has 0 aromatic heterocycles. The molecule has 0 bridgehead atoms. The van der Waals surface area contributed by atoms with Crippen molar-refractivity contribution in [2.75, 3.05) is 4.90 Å². The highest BCUT2D eigenvalue weighted by atomic mass is 79.9. The van der Waals surface area contributed by atoms with Crippen molar-refractivity contribution in [1.82, 2.24) is 5.32 Å². The molecule has 1 N–H and O–H groups in total. The number of carbonyl (C=O) groups is 3. The van der Waals surface area contributed by atoms with Crippen molar-refractivity contribution in [1.29, 1.82) is 0 Å². The van der Waals surface area contributed by atoms with Crippen molar-refractivity contribution < 1.29 is 24.0 Å². The number of ether oxygens (including phenoxy) is 1. The Hall–Kier alpha value is -4.02. The molecule has 1 fully saturated rings. The minimum atomic E-state index is -1.02. The number of non-ortho nitro benzene ring substituents is 1. The van der Waals surface area contributed by atoms with Crippen molar-refractivity contribution in [2.24, 2.45) is 0 Å². The van der Waals surface area contributed by atoms with Crippen molar-refractivity contribution in [2.45, 2.75) is 6.61 Å². The Kier molecular flexibility index (Phi) is 6.94. The van der Waals surface area contributed by atoms with Crippen LogP contribution in [0.1, 0.15) is 11.1 Å². The van der Waals surface area contributed by atoms with Crippen molar-refractivity contribution in [3.63, 3.8) is 0 Å². The zero-order valence-corrected chi connectivity index (χ0v) is 20.1. The molecular formula is C24H15BrClN3O6. The number of urea groups is 1. The van der Waals surface area contributed by atoms with Gasteiger partial charge in [0.05, 0.1) is 10.6 Å². The molecule has 0 saturated carbocycles. The molecule has 1 heterocycles. The highest BCUT2D eigenvalue weighted by molar-refractivity contribution is 9.10. The fraction of sp³-hybridized carbons (Fsp3) is 0.0417. The minimum Gasteiger partial charge on any atom is -0.488 e. The van der Waals surface area contributed by atoms with Crippen LogP contribution in [0.2, 0.25) is 5.02 Å². The number of nitrogens with one attached hydrogen (secondary N) is 1. The van der Waals surface area contributed by atoms with Crippen LogP contribution >= 0.6 is 27.5 Å². The van der Waals surface area contributed by atoms with E-state index in [1.807, 2.05) is 24.3 Å². The molecule has 4 rings (SSSR count). The lowest BCUT2D eigenvalue weighted by Gasteiger charge is -2.26. The van der Waals surface area contributed by atoms with E-state index in [-0.39, 0.29) is 23.6 Å². The van der Waals surface area contributed by atoms with Gasteiger partial charge in [0.25, 0.3) is 17.5 Å². The molecule has 35 heavy (non-hydrogen) atoms. The lowest BCUT2D eigenvalue weighted by atomic mass is 10.1. The van der Waals surface area contributed by atoms with Gasteiger partial charge in [0, 0.05) is 32.8 Å². The van der Waals surface area contributed by atoms with Gasteiger partial charge in [-0.3, -0.25) is 25.0 Å². The summed E-state index contributed by atoms with van der Waals surface area (Å²) in [4.78, 5) is 49.3. The highest BCUT2D eigenvalue weighted by Crippen LogP contribution is 2.30. The van der Waals surface area contributed by atoms with Crippen LogP contribution in [0.15, 0.2) is 76.8 Å². The van der Waals surface area contributed by atoms with E-state index in [2.05, 4.69) is 21.2 Å². The smallest absolute Gasteiger partial charge is 0.335 e. The first-order chi connectivity index (χ1) is 16.7. The van der Waals surface area contributed by atoms with Gasteiger partial charge in [0.1, 0.15) is 17.9 Å². The molecule has 0 radical (unpaired) electrons. The van der Waals surface area contributed by atoms with Crippen molar-refractivity contribution in [3.05, 3.63) is 103 Å². The molecular weight excluding hydrogens is 542 g/mol. The Labute approximate surface area is 212 Å². The van der Waals surface area contributed by atoms with Gasteiger partial charge in [0.2, 0.25) is 0 Å². The zero-order valence-electron chi connectivity index (χ0n) is 17.7. The maximum absolute atomic E-state index is 13.2. The topological polar surface area (TPSA) is 119 Å². The van der Waals surface area contributed by atoms with E-state index >= 15 is 0 Å². The number of amides is 4. The molecule has 4 amide bonds. The second-order valence-electron chi connectivity index (χ2n) is 7.30. The molecule has 0 atom stereocenters. The van der Waals surface area contributed by atoms with Crippen LogP contribution in [0.5, 0.6) is 5.75 Å². The lowest BCUT2D eigenvalue weighted by molar-refractivity contribution is -0.384. The third kappa shape index (κ3) is 5.23. The predicted molar refractivity (Wildman–Crippen MR) is 132 cm³/mol. The van der Waals surface area contributed by atoms with E-state index in [1.54, 1.807) is 12.1 Å². The fourth-order valence-electron chi connectivity index (χ4n) is 3.33. The maximum Gasteiger partial charge on any atom is 0.335 e. The molecule has 0 unspecified atom stereocenters. The van der Waals surface area contributed by atoms with Crippen LogP contribution in [-0.4, -0.2) is 22.8 Å². The van der Waals surface area contributed by atoms with Gasteiger partial charge in [-0.2, -0.15) is 0 Å². The number of imide groups is 2. The molecule has 0 aliphatic carbocycles. The number of nitro groups is 1. The van der Waals surface area contributed by atoms with E-state index in [9.17, 15) is 24.5 Å². The Morgan fingerprint density at radius 2 is 1.83 bits per heavy atom. The largest absolute Gasteiger partial charge is 0.488 e. The first-order valence-electron chi connectivity index (χ1n) is 10.1. The Bertz CT molecular complexity index is 1410. The summed E-state index contributed by atoms with van der Waals surface area (Å²) in [6.45, 7) is 0.192. The summed E-state index contributed by atoms with van der Waals surface area (Å²) in [5, 5.41) is 13.5. The minimum absolute atomic E-state index is 0.0587. The highest BCUT2D eigenvalue weighted by Gasteiger charge is 2.37. The van der Waals surface area contributed by atoms with Crippen LogP contribution in [0.25, 0.3) is 6.08 Å². The summed E-state index contributed by atoms with van der Waals surface area (Å²) in [5.41, 5.74) is 0.454. The number of carbonyl (C=O) groups excluding carboxylic acids is 3. The van der Waals surface area contributed by atoms with Gasteiger partial charge >= 0.3 is 6.03 Å². The molecule has 3 aromatic rings. The standard InChI is InChI=1S/C24H15BrClN3O6/c25-20-7-2-1-4-14(20)13-35-21-9-8-16(26)10-15(21)11-19-22(30)27-24(32)28(23(19)31)17-5-3-6-18(12-17)29(33)34/h1-12H,13H2,(H,27,30,32)/b19-11+. The first-order valence-corrected chi connectivity index (χ1v) is 11.2. The van der Waals surface area contributed by atoms with Crippen LogP contribution in [-0.2, 0) is 16.2 Å². The molecule has 11 heteroatoms. The fourth-order valence-corrected chi connectivity index (χ4v) is 3.91. The summed E-state index contributed by atoms with van der Waals surface area (Å²) < 4.78 is 6.76. The van der Waals surface area contributed by atoms with E-state index in [4.69, 9.17) is 16.3 Å². The molecule has 1 saturated heterocycles.